The molecule has 0 radical (unpaired) electrons. The van der Waals surface area contributed by atoms with Gasteiger partial charge in [-0.05, 0) is 59.1 Å². The van der Waals surface area contributed by atoms with E-state index in [2.05, 4.69) is 25.8 Å². The molecule has 250 valence electrons. The van der Waals surface area contributed by atoms with Crippen molar-refractivity contribution in [1.29, 1.82) is 0 Å². The van der Waals surface area contributed by atoms with Crippen LogP contribution in [0.4, 0.5) is 0 Å². The van der Waals surface area contributed by atoms with Crippen molar-refractivity contribution in [2.45, 2.75) is 69.0 Å². The number of methoxy groups -OCH3 is 2. The minimum Gasteiger partial charge on any atom is -0.497 e. The van der Waals surface area contributed by atoms with Crippen molar-refractivity contribution >= 4 is 8.32 Å². The molecule has 1 aromatic heterocycles. The van der Waals surface area contributed by atoms with Crippen LogP contribution in [0.5, 0.6) is 11.5 Å². The van der Waals surface area contributed by atoms with Gasteiger partial charge < -0.3 is 28.5 Å². The highest BCUT2D eigenvalue weighted by molar-refractivity contribution is 6.74. The van der Waals surface area contributed by atoms with Crippen molar-refractivity contribution < 1.29 is 29.9 Å². The van der Waals surface area contributed by atoms with Gasteiger partial charge >= 0.3 is 5.69 Å². The molecule has 2 N–H and O–H groups in total. The summed E-state index contributed by atoms with van der Waals surface area (Å²) in [5.74, 6) is 1.36. The average Bonchev–Trinajstić information content (AvgIpc) is 3.37. The molecular weight excluding hydrogens is 621 g/mol. The number of hydrogen-bond donors (Lipinski definition) is 2. The lowest BCUT2D eigenvalue weighted by Crippen LogP contribution is -2.50. The van der Waals surface area contributed by atoms with Gasteiger partial charge in [-0.3, -0.25) is 14.3 Å². The number of aromatic amines is 1. The summed E-state index contributed by atoms with van der Waals surface area (Å²) in [6, 6.07) is 24.5. The van der Waals surface area contributed by atoms with E-state index < -0.39 is 55.7 Å². The number of benzene rings is 3. The van der Waals surface area contributed by atoms with E-state index in [-0.39, 0.29) is 11.6 Å². The Kier molecular flexibility index (Phi) is 9.54. The van der Waals surface area contributed by atoms with Gasteiger partial charge in [0.15, 0.2) is 14.5 Å². The summed E-state index contributed by atoms with van der Waals surface area (Å²) in [7, 11) is 0.679. The first kappa shape index (κ1) is 32.9. The van der Waals surface area contributed by atoms with Gasteiger partial charge in [0.05, 0.1) is 22.2 Å². The maximum atomic E-state index is 13.0. The summed E-state index contributed by atoms with van der Waals surface area (Å²) >= 11 is 0. The molecule has 1 saturated heterocycles. The van der Waals surface area contributed by atoms with Crippen molar-refractivity contribution in [3.05, 3.63) is 129 Å². The highest BCUT2D eigenvalue weighted by atomic mass is 28.4. The van der Waals surface area contributed by atoms with Gasteiger partial charge in [0, 0.05) is 12.2 Å². The lowest BCUT2D eigenvalue weighted by Gasteiger charge is -2.40. The smallest absolute Gasteiger partial charge is 0.330 e. The van der Waals surface area contributed by atoms with Gasteiger partial charge in [-0.15, -0.1) is 0 Å². The number of rotatable bonds is 11. The van der Waals surface area contributed by atoms with E-state index in [1.54, 1.807) is 14.2 Å². The van der Waals surface area contributed by atoms with Crippen molar-refractivity contribution in [3.63, 3.8) is 0 Å². The molecule has 0 aliphatic carbocycles. The fourth-order valence-electron chi connectivity index (χ4n) is 5.58. The third-order valence-corrected chi connectivity index (χ3v) is 13.7. The first-order chi connectivity index (χ1) is 22.7. The second-order valence-corrected chi connectivity index (χ2v) is 17.9. The summed E-state index contributed by atoms with van der Waals surface area (Å²) < 4.78 is 40.2. The molecule has 4 atom stereocenters. The summed E-state index contributed by atoms with van der Waals surface area (Å²) in [4.78, 5) is 27.3. The molecule has 0 bridgehead atoms. The zero-order valence-electron chi connectivity index (χ0n) is 28.9. The second kappa shape index (κ2) is 13.6. The van der Waals surface area contributed by atoms with Crippen LogP contribution in [0, 0.1) is 0 Å². The molecule has 0 spiro atoms. The van der Waals surface area contributed by atoms with Crippen LogP contribution < -0.4 is 20.7 Å². The number of aromatic nitrogens is 2. The van der Waals surface area contributed by atoms with Crippen molar-refractivity contribution in [2.75, 3.05) is 20.8 Å². The number of aliphatic hydroxyl groups excluding tert-OH is 1. The van der Waals surface area contributed by atoms with E-state index in [0.717, 1.165) is 27.5 Å². The number of nitrogens with zero attached hydrogens (tertiary/aromatic N) is 1. The van der Waals surface area contributed by atoms with Crippen LogP contribution in [0.3, 0.4) is 0 Å². The average molecular weight is 667 g/mol. The fraction of sp³-hybridized carbons (Fsp3) is 0.389. The molecule has 4 aromatic rings. The minimum atomic E-state index is -2.53. The van der Waals surface area contributed by atoms with Gasteiger partial charge in [0.2, 0.25) is 0 Å². The molecule has 10 nitrogen and oxygen atoms in total. The highest BCUT2D eigenvalue weighted by Crippen LogP contribution is 2.44. The Labute approximate surface area is 277 Å². The number of ether oxygens (including phenoxy) is 4. The summed E-state index contributed by atoms with van der Waals surface area (Å²) in [5, 5.41) is 11.7. The molecular formula is C36H44N2O8Si. The zero-order valence-corrected chi connectivity index (χ0v) is 28.9. The van der Waals surface area contributed by atoms with Crippen molar-refractivity contribution in [3.8, 4) is 11.5 Å². The van der Waals surface area contributed by atoms with Gasteiger partial charge in [0.1, 0.15) is 35.4 Å². The third-order valence-electron chi connectivity index (χ3n) is 9.25. The highest BCUT2D eigenvalue weighted by Gasteiger charge is 2.51. The molecule has 1 aliphatic heterocycles. The molecule has 0 amide bonds. The molecule has 2 heterocycles. The second-order valence-electron chi connectivity index (χ2n) is 13.2. The Morgan fingerprint density at radius 1 is 0.894 bits per heavy atom. The van der Waals surface area contributed by atoms with E-state index >= 15 is 0 Å². The van der Waals surface area contributed by atoms with Crippen LogP contribution in [0.15, 0.2) is 101 Å². The summed E-state index contributed by atoms with van der Waals surface area (Å²) in [6.45, 7) is 10.2. The van der Waals surface area contributed by atoms with Crippen LogP contribution in [-0.4, -0.2) is 62.1 Å². The van der Waals surface area contributed by atoms with E-state index in [1.165, 1.54) is 0 Å². The fourth-order valence-corrected chi connectivity index (χ4v) is 6.87. The first-order valence-electron chi connectivity index (χ1n) is 16.0. The Balaban J connectivity index is 1.60. The molecule has 5 rings (SSSR count). The number of aliphatic hydroxyl groups is 1. The lowest BCUT2D eigenvalue weighted by atomic mass is 9.80. The number of H-pyrrole nitrogens is 1. The molecule has 1 fully saturated rings. The Bertz CT molecular complexity index is 1760. The van der Waals surface area contributed by atoms with Gasteiger partial charge in [-0.2, -0.15) is 0 Å². The van der Waals surface area contributed by atoms with Crippen molar-refractivity contribution in [2.24, 2.45) is 0 Å². The Morgan fingerprint density at radius 2 is 1.43 bits per heavy atom. The quantitative estimate of drug-likeness (QED) is 0.127. The number of hydrogen-bond acceptors (Lipinski definition) is 8. The zero-order chi connectivity index (χ0) is 34.9. The maximum absolute atomic E-state index is 13.0. The molecule has 47 heavy (non-hydrogen) atoms. The summed E-state index contributed by atoms with van der Waals surface area (Å²) in [5.41, 5.74) is -0.340. The minimum absolute atomic E-state index is 0.117. The van der Waals surface area contributed by atoms with Crippen LogP contribution in [-0.2, 0) is 19.5 Å². The van der Waals surface area contributed by atoms with Crippen LogP contribution >= 0.6 is 0 Å². The normalized spacial score (nSPS) is 20.6. The third kappa shape index (κ3) is 6.86. The van der Waals surface area contributed by atoms with E-state index in [4.69, 9.17) is 24.7 Å². The monoisotopic (exact) mass is 666 g/mol. The predicted molar refractivity (Wildman–Crippen MR) is 182 cm³/mol. The van der Waals surface area contributed by atoms with E-state index in [1.807, 2.05) is 92.0 Å². The maximum Gasteiger partial charge on any atom is 0.330 e. The van der Waals surface area contributed by atoms with Crippen LogP contribution in [0.2, 0.25) is 18.1 Å². The lowest BCUT2D eigenvalue weighted by molar-refractivity contribution is -0.0956. The predicted octanol–water partition coefficient (Wildman–Crippen LogP) is 5.21. The number of nitrogens with one attached hydrogen (secondary N) is 1. The molecule has 0 saturated carbocycles. The van der Waals surface area contributed by atoms with Gasteiger partial charge in [0.25, 0.3) is 5.56 Å². The Hall–Kier alpha value is -4.00. The molecule has 11 heteroatoms. The van der Waals surface area contributed by atoms with E-state index in [9.17, 15) is 14.7 Å². The summed E-state index contributed by atoms with van der Waals surface area (Å²) in [6.07, 6.45) is -3.19. The van der Waals surface area contributed by atoms with Gasteiger partial charge in [-0.25, -0.2) is 4.79 Å². The van der Waals surface area contributed by atoms with Gasteiger partial charge in [-0.1, -0.05) is 75.4 Å². The standard InChI is InChI=1S/C36H44N2O8Si/c1-35(2,3)47(6,7)46-32-31(40)29(45-33(32)38-22-21-30(39)37-34(38)41)23-44-36(24-11-9-8-10-12-24,25-13-17-27(42-4)18-14-25)26-15-19-28(43-5)20-16-26/h8-22,29,31-33,40H,23H2,1-7H3,(H,37,39,41)/t29-,31-,32-,33-/m1/s1/i21D,23+1,29+1,31+1,32+1,33+1. The topological polar surface area (TPSA) is 121 Å². The first-order valence-corrected chi connectivity index (χ1v) is 18.4. The molecule has 1 aliphatic rings. The SMILES string of the molecule is [2H]c1cn([13C@@H]2O[13C@H]([13CH2]OC(c3ccccc3)(c3ccc(OC)cc3)c3ccc(OC)cc3)[13C@@H](O)[13C@H]2O[Si](C)(C)C(C)(C)C)c(=O)[nH]c1=O. The Morgan fingerprint density at radius 3 is 1.94 bits per heavy atom. The van der Waals surface area contributed by atoms with Crippen molar-refractivity contribution in [1.82, 2.24) is 9.55 Å². The van der Waals surface area contributed by atoms with E-state index in [0.29, 0.717) is 11.5 Å². The molecule has 3 aromatic carbocycles. The molecule has 0 unspecified atom stereocenters. The van der Waals surface area contributed by atoms with Crippen LogP contribution in [0.1, 0.15) is 45.1 Å². The largest absolute Gasteiger partial charge is 0.497 e. The van der Waals surface area contributed by atoms with Crippen LogP contribution in [0.25, 0.3) is 0 Å².